The van der Waals surface area contributed by atoms with Crippen LogP contribution in [0.5, 0.6) is 0 Å². The lowest BCUT2D eigenvalue weighted by Gasteiger charge is -2.12. The molecule has 1 N–H and O–H groups in total. The molecule has 1 aromatic rings. The molecule has 1 heterocycles. The van der Waals surface area contributed by atoms with Gasteiger partial charge in [0.2, 0.25) is 5.91 Å². The molecule has 1 aliphatic heterocycles. The highest BCUT2D eigenvalue weighted by Crippen LogP contribution is 2.17. The van der Waals surface area contributed by atoms with Gasteiger partial charge in [0.25, 0.3) is 0 Å². The first kappa shape index (κ1) is 13.8. The number of likely N-dealkylation sites (tertiary alicyclic amines) is 1. The summed E-state index contributed by atoms with van der Waals surface area (Å²) in [6, 6.07) is 8.90. The number of nitrogens with zero attached hydrogens (tertiary/aromatic N) is 2. The Kier molecular flexibility index (Phi) is 4.16. The molecule has 0 spiro atoms. The van der Waals surface area contributed by atoms with Gasteiger partial charge in [-0.15, -0.1) is 0 Å². The second-order valence-electron chi connectivity index (χ2n) is 4.68. The number of carboxylic acid groups (broad SMARTS) is 1. The number of amides is 1. The van der Waals surface area contributed by atoms with Gasteiger partial charge in [0.05, 0.1) is 17.6 Å². The second kappa shape index (κ2) is 6.02. The van der Waals surface area contributed by atoms with Gasteiger partial charge in [-0.2, -0.15) is 5.26 Å². The van der Waals surface area contributed by atoms with Crippen LogP contribution in [0, 0.1) is 17.2 Å². The fourth-order valence-corrected chi connectivity index (χ4v) is 2.10. The van der Waals surface area contributed by atoms with Crippen molar-refractivity contribution >= 4 is 18.0 Å². The van der Waals surface area contributed by atoms with Crippen molar-refractivity contribution in [1.82, 2.24) is 4.90 Å². The monoisotopic (exact) mass is 270 g/mol. The van der Waals surface area contributed by atoms with Gasteiger partial charge in [-0.05, 0) is 30.2 Å². The Morgan fingerprint density at radius 3 is 2.60 bits per heavy atom. The van der Waals surface area contributed by atoms with Gasteiger partial charge in [-0.25, -0.2) is 0 Å². The van der Waals surface area contributed by atoms with Crippen LogP contribution in [0.1, 0.15) is 17.5 Å². The van der Waals surface area contributed by atoms with Crippen LogP contribution < -0.4 is 0 Å². The van der Waals surface area contributed by atoms with Gasteiger partial charge in [0, 0.05) is 19.2 Å². The number of hydrogen-bond donors (Lipinski definition) is 1. The molecule has 1 aromatic carbocycles. The van der Waals surface area contributed by atoms with Gasteiger partial charge in [0.15, 0.2) is 0 Å². The zero-order valence-corrected chi connectivity index (χ0v) is 10.8. The Balaban J connectivity index is 1.96. The van der Waals surface area contributed by atoms with Gasteiger partial charge < -0.3 is 10.0 Å². The number of benzene rings is 1. The summed E-state index contributed by atoms with van der Waals surface area (Å²) in [6.45, 7) is 0.749. The Labute approximate surface area is 116 Å². The average molecular weight is 270 g/mol. The number of rotatable bonds is 3. The van der Waals surface area contributed by atoms with Crippen LogP contribution in [0.2, 0.25) is 0 Å². The molecule has 1 unspecified atom stereocenters. The fourth-order valence-electron chi connectivity index (χ4n) is 2.10. The zero-order chi connectivity index (χ0) is 14.5. The third-order valence-electron chi connectivity index (χ3n) is 3.31. The molecule has 0 radical (unpaired) electrons. The van der Waals surface area contributed by atoms with Gasteiger partial charge in [-0.1, -0.05) is 12.1 Å². The molecule has 20 heavy (non-hydrogen) atoms. The molecule has 1 atom stereocenters. The Bertz CT molecular complexity index is 584. The first-order valence-electron chi connectivity index (χ1n) is 6.30. The van der Waals surface area contributed by atoms with Gasteiger partial charge in [-0.3, -0.25) is 9.59 Å². The number of carboxylic acids is 1. The van der Waals surface area contributed by atoms with Crippen molar-refractivity contribution in [3.8, 4) is 6.07 Å². The van der Waals surface area contributed by atoms with Gasteiger partial charge in [0.1, 0.15) is 0 Å². The van der Waals surface area contributed by atoms with Crippen LogP contribution in [0.25, 0.3) is 6.08 Å². The van der Waals surface area contributed by atoms with Crippen LogP contribution >= 0.6 is 0 Å². The van der Waals surface area contributed by atoms with E-state index in [9.17, 15) is 9.59 Å². The van der Waals surface area contributed by atoms with Crippen molar-refractivity contribution < 1.29 is 14.7 Å². The van der Waals surface area contributed by atoms with E-state index >= 15 is 0 Å². The van der Waals surface area contributed by atoms with Crippen molar-refractivity contribution in [3.63, 3.8) is 0 Å². The standard InChI is InChI=1S/C15H14N2O3/c16-9-12-3-1-11(2-4-12)5-6-14(18)17-8-7-13(10-17)15(19)20/h1-6,13H,7-8,10H2,(H,19,20). The van der Waals surface area contributed by atoms with E-state index in [1.165, 1.54) is 6.08 Å². The summed E-state index contributed by atoms with van der Waals surface area (Å²) < 4.78 is 0. The summed E-state index contributed by atoms with van der Waals surface area (Å²) in [6.07, 6.45) is 3.61. The first-order valence-corrected chi connectivity index (χ1v) is 6.30. The minimum atomic E-state index is -0.851. The quantitative estimate of drug-likeness (QED) is 0.844. The van der Waals surface area contributed by atoms with Crippen molar-refractivity contribution in [2.24, 2.45) is 5.92 Å². The van der Waals surface area contributed by atoms with Crippen molar-refractivity contribution in [2.45, 2.75) is 6.42 Å². The lowest BCUT2D eigenvalue weighted by molar-refractivity contribution is -0.141. The molecule has 1 fully saturated rings. The Morgan fingerprint density at radius 2 is 2.05 bits per heavy atom. The highest BCUT2D eigenvalue weighted by molar-refractivity contribution is 5.92. The molecular weight excluding hydrogens is 256 g/mol. The molecule has 1 saturated heterocycles. The molecule has 0 aromatic heterocycles. The predicted molar refractivity (Wildman–Crippen MR) is 72.5 cm³/mol. The van der Waals surface area contributed by atoms with Crippen LogP contribution in [0.15, 0.2) is 30.3 Å². The van der Waals surface area contributed by atoms with E-state index in [-0.39, 0.29) is 12.5 Å². The third-order valence-corrected chi connectivity index (χ3v) is 3.31. The Hall–Kier alpha value is -2.61. The molecule has 5 nitrogen and oxygen atoms in total. The molecule has 0 bridgehead atoms. The zero-order valence-electron chi connectivity index (χ0n) is 10.8. The van der Waals surface area contributed by atoms with E-state index < -0.39 is 11.9 Å². The van der Waals surface area contributed by atoms with Crippen molar-refractivity contribution in [2.75, 3.05) is 13.1 Å². The van der Waals surface area contributed by atoms with Crippen LogP contribution in [-0.4, -0.2) is 35.0 Å². The normalized spacial score (nSPS) is 18.1. The lowest BCUT2D eigenvalue weighted by atomic mass is 10.1. The maximum absolute atomic E-state index is 11.9. The molecule has 5 heteroatoms. The van der Waals surface area contributed by atoms with Crippen molar-refractivity contribution in [1.29, 1.82) is 5.26 Å². The van der Waals surface area contributed by atoms with E-state index in [2.05, 4.69) is 0 Å². The third kappa shape index (κ3) is 3.23. The van der Waals surface area contributed by atoms with E-state index in [1.807, 2.05) is 6.07 Å². The summed E-state index contributed by atoms with van der Waals surface area (Å²) in [4.78, 5) is 24.3. The summed E-state index contributed by atoms with van der Waals surface area (Å²) in [7, 11) is 0. The van der Waals surface area contributed by atoms with E-state index in [4.69, 9.17) is 10.4 Å². The van der Waals surface area contributed by atoms with Crippen LogP contribution in [0.3, 0.4) is 0 Å². The van der Waals surface area contributed by atoms with E-state index in [0.717, 1.165) is 5.56 Å². The molecule has 102 valence electrons. The summed E-state index contributed by atoms with van der Waals surface area (Å²) in [5.41, 5.74) is 1.39. The summed E-state index contributed by atoms with van der Waals surface area (Å²) in [5, 5.41) is 17.6. The number of hydrogen-bond acceptors (Lipinski definition) is 3. The first-order chi connectivity index (χ1) is 9.60. The number of nitriles is 1. The molecule has 1 aliphatic rings. The molecule has 1 amide bonds. The lowest BCUT2D eigenvalue weighted by Crippen LogP contribution is -2.28. The van der Waals surface area contributed by atoms with Gasteiger partial charge >= 0.3 is 5.97 Å². The maximum Gasteiger partial charge on any atom is 0.308 e. The maximum atomic E-state index is 11.9. The van der Waals surface area contributed by atoms with E-state index in [0.29, 0.717) is 18.5 Å². The molecule has 0 saturated carbocycles. The van der Waals surface area contributed by atoms with Crippen LogP contribution in [-0.2, 0) is 9.59 Å². The topological polar surface area (TPSA) is 81.4 Å². The number of carbonyl (C=O) groups excluding carboxylic acids is 1. The minimum absolute atomic E-state index is 0.182. The van der Waals surface area contributed by atoms with E-state index in [1.54, 1.807) is 35.2 Å². The highest BCUT2D eigenvalue weighted by Gasteiger charge is 2.29. The molecule has 0 aliphatic carbocycles. The number of aliphatic carboxylic acids is 1. The predicted octanol–water partition coefficient (Wildman–Crippen LogP) is 1.50. The van der Waals surface area contributed by atoms with Crippen LogP contribution in [0.4, 0.5) is 0 Å². The Morgan fingerprint density at radius 1 is 1.35 bits per heavy atom. The molecular formula is C15H14N2O3. The summed E-state index contributed by atoms with van der Waals surface area (Å²) >= 11 is 0. The molecule has 2 rings (SSSR count). The largest absolute Gasteiger partial charge is 0.481 e. The summed E-state index contributed by atoms with van der Waals surface area (Å²) in [5.74, 6) is -1.49. The smallest absolute Gasteiger partial charge is 0.308 e. The highest BCUT2D eigenvalue weighted by atomic mass is 16.4. The minimum Gasteiger partial charge on any atom is -0.481 e. The second-order valence-corrected chi connectivity index (χ2v) is 4.68. The number of carbonyl (C=O) groups is 2. The van der Waals surface area contributed by atoms with Crippen molar-refractivity contribution in [3.05, 3.63) is 41.5 Å². The fraction of sp³-hybridized carbons (Fsp3) is 0.267. The SMILES string of the molecule is N#Cc1ccc(C=CC(=O)N2CCC(C(=O)O)C2)cc1. The average Bonchev–Trinajstić information content (AvgIpc) is 2.95.